The summed E-state index contributed by atoms with van der Waals surface area (Å²) < 4.78 is 45.7. The zero-order valence-electron chi connectivity index (χ0n) is 31.4. The van der Waals surface area contributed by atoms with Gasteiger partial charge < -0.3 is 14.4 Å². The van der Waals surface area contributed by atoms with Crippen molar-refractivity contribution in [2.75, 3.05) is 55.6 Å². The van der Waals surface area contributed by atoms with Crippen molar-refractivity contribution < 1.29 is 32.3 Å². The lowest BCUT2D eigenvalue weighted by atomic mass is 9.93. The molecular formula is C42H41F3N8O4. The van der Waals surface area contributed by atoms with E-state index in [0.717, 1.165) is 84.4 Å². The third-order valence-electron chi connectivity index (χ3n) is 12.2. The van der Waals surface area contributed by atoms with Crippen LogP contribution in [-0.4, -0.2) is 99.8 Å². The number of anilines is 2. The summed E-state index contributed by atoms with van der Waals surface area (Å²) >= 11 is 0. The van der Waals surface area contributed by atoms with Crippen molar-refractivity contribution in [2.45, 2.75) is 44.3 Å². The Hall–Kier alpha value is -5.83. The molecule has 12 nitrogen and oxygen atoms in total. The molecule has 1 N–H and O–H groups in total. The standard InChI is InChI=1S/C42H41F3N8O4/c1-49-34-8-12-46-24-32(34)29-4-2-26(21-36(29)49)27-20-33(42(43,44)45)38(47-23-27)52-14-10-25(11-15-52)9-13-50-16-18-51(19-17-50)28-3-5-30-31(22-28)41(57)53(40(30)56)35-6-7-37(54)48-39(35)55/h2-5,8,12,20-25,35H,6-7,9-11,13-19H2,1H3,(H,48,54,55). The molecule has 15 heteroatoms. The Balaban J connectivity index is 0.794. The molecule has 0 spiro atoms. The third kappa shape index (κ3) is 6.66. The number of halogens is 3. The highest BCUT2D eigenvalue weighted by Gasteiger charge is 2.45. The number of aryl methyl sites for hydroxylation is 1. The predicted molar refractivity (Wildman–Crippen MR) is 208 cm³/mol. The maximum absolute atomic E-state index is 14.6. The van der Waals surface area contributed by atoms with Gasteiger partial charge in [-0.3, -0.25) is 39.3 Å². The molecule has 4 aliphatic heterocycles. The first kappa shape index (κ1) is 36.8. The Kier molecular flexibility index (Phi) is 9.21. The van der Waals surface area contributed by atoms with E-state index in [-0.39, 0.29) is 29.8 Å². The second kappa shape index (κ2) is 14.3. The Morgan fingerprint density at radius 3 is 2.30 bits per heavy atom. The van der Waals surface area contributed by atoms with Crippen LogP contribution in [-0.2, 0) is 22.8 Å². The van der Waals surface area contributed by atoms with Crippen LogP contribution in [0.1, 0.15) is 58.4 Å². The minimum atomic E-state index is -4.56. The molecule has 2 aromatic carbocycles. The lowest BCUT2D eigenvalue weighted by Crippen LogP contribution is -2.54. The number of carbonyl (C=O) groups excluding carboxylic acids is 4. The minimum absolute atomic E-state index is 0.0149. The zero-order chi connectivity index (χ0) is 39.6. The summed E-state index contributed by atoms with van der Waals surface area (Å²) in [5, 5.41) is 4.21. The van der Waals surface area contributed by atoms with E-state index >= 15 is 0 Å². The number of amides is 4. The van der Waals surface area contributed by atoms with Gasteiger partial charge in [0.05, 0.1) is 22.2 Å². The topological polar surface area (TPSA) is 124 Å². The summed E-state index contributed by atoms with van der Waals surface area (Å²) in [7, 11) is 1.94. The highest BCUT2D eigenvalue weighted by atomic mass is 19.4. The van der Waals surface area contributed by atoms with Crippen LogP contribution < -0.4 is 15.1 Å². The van der Waals surface area contributed by atoms with Gasteiger partial charge in [-0.05, 0) is 80.1 Å². The van der Waals surface area contributed by atoms with Gasteiger partial charge >= 0.3 is 6.18 Å². The number of nitrogens with one attached hydrogen (secondary N) is 1. The Morgan fingerprint density at radius 2 is 1.54 bits per heavy atom. The van der Waals surface area contributed by atoms with Crippen LogP contribution in [0.3, 0.4) is 0 Å². The molecule has 3 aromatic heterocycles. The number of fused-ring (bicyclic) bond motifs is 4. The van der Waals surface area contributed by atoms with Crippen LogP contribution in [0, 0.1) is 5.92 Å². The Labute approximate surface area is 326 Å². The van der Waals surface area contributed by atoms with Crippen molar-refractivity contribution in [3.8, 4) is 11.1 Å². The minimum Gasteiger partial charge on any atom is -0.369 e. The lowest BCUT2D eigenvalue weighted by Gasteiger charge is -2.38. The fraction of sp³-hybridized carbons (Fsp3) is 0.381. The molecule has 1 atom stereocenters. The number of alkyl halides is 3. The molecule has 5 aromatic rings. The molecule has 9 rings (SSSR count). The maximum atomic E-state index is 14.6. The van der Waals surface area contributed by atoms with Gasteiger partial charge in [-0.1, -0.05) is 12.1 Å². The number of hydrogen-bond acceptors (Lipinski definition) is 9. The Morgan fingerprint density at radius 1 is 0.772 bits per heavy atom. The van der Waals surface area contributed by atoms with Gasteiger partial charge in [0.15, 0.2) is 0 Å². The summed E-state index contributed by atoms with van der Waals surface area (Å²) in [6, 6.07) is 13.0. The average Bonchev–Trinajstić information content (AvgIpc) is 3.64. The average molecular weight is 779 g/mol. The molecule has 0 radical (unpaired) electrons. The number of piperazine rings is 1. The van der Waals surface area contributed by atoms with Gasteiger partial charge in [0, 0.05) is 98.9 Å². The number of nitrogens with zero attached hydrogens (tertiary/aromatic N) is 7. The Bertz CT molecular complexity index is 2450. The fourth-order valence-corrected chi connectivity index (χ4v) is 8.99. The van der Waals surface area contributed by atoms with Gasteiger partial charge in [-0.25, -0.2) is 4.98 Å². The molecule has 0 saturated carbocycles. The second-order valence-electron chi connectivity index (χ2n) is 15.5. The number of carbonyl (C=O) groups is 4. The zero-order valence-corrected chi connectivity index (χ0v) is 31.4. The van der Waals surface area contributed by atoms with Crippen molar-refractivity contribution >= 4 is 56.9 Å². The molecular weight excluding hydrogens is 738 g/mol. The van der Waals surface area contributed by atoms with E-state index in [1.807, 2.05) is 41.9 Å². The van der Waals surface area contributed by atoms with E-state index in [0.29, 0.717) is 30.1 Å². The molecule has 57 heavy (non-hydrogen) atoms. The highest BCUT2D eigenvalue weighted by Crippen LogP contribution is 2.40. The summed E-state index contributed by atoms with van der Waals surface area (Å²) in [6.45, 7) is 4.96. The van der Waals surface area contributed by atoms with E-state index in [1.165, 1.54) is 6.07 Å². The molecule has 3 fully saturated rings. The van der Waals surface area contributed by atoms with Crippen molar-refractivity contribution in [3.63, 3.8) is 0 Å². The maximum Gasteiger partial charge on any atom is 0.419 e. The van der Waals surface area contributed by atoms with Crippen molar-refractivity contribution in [1.29, 1.82) is 0 Å². The van der Waals surface area contributed by atoms with E-state index in [2.05, 4.69) is 25.1 Å². The number of hydrogen-bond donors (Lipinski definition) is 1. The van der Waals surface area contributed by atoms with Crippen LogP contribution >= 0.6 is 0 Å². The molecule has 1 unspecified atom stereocenters. The van der Waals surface area contributed by atoms with Gasteiger partial charge in [-0.15, -0.1) is 0 Å². The first-order valence-electron chi connectivity index (χ1n) is 19.4. The predicted octanol–water partition coefficient (Wildman–Crippen LogP) is 5.64. The largest absolute Gasteiger partial charge is 0.419 e. The van der Waals surface area contributed by atoms with Crippen LogP contribution in [0.25, 0.3) is 32.9 Å². The smallest absolute Gasteiger partial charge is 0.369 e. The normalized spacial score (nSPS) is 19.9. The third-order valence-corrected chi connectivity index (χ3v) is 12.2. The summed E-state index contributed by atoms with van der Waals surface area (Å²) in [4.78, 5) is 66.4. The van der Waals surface area contributed by atoms with Crippen molar-refractivity contribution in [3.05, 3.63) is 83.8 Å². The van der Waals surface area contributed by atoms with Gasteiger partial charge in [0.2, 0.25) is 11.8 Å². The van der Waals surface area contributed by atoms with Crippen LogP contribution in [0.4, 0.5) is 24.7 Å². The van der Waals surface area contributed by atoms with Crippen molar-refractivity contribution in [2.24, 2.45) is 13.0 Å². The van der Waals surface area contributed by atoms with Crippen molar-refractivity contribution in [1.82, 2.24) is 29.7 Å². The van der Waals surface area contributed by atoms with Crippen LogP contribution in [0.5, 0.6) is 0 Å². The highest BCUT2D eigenvalue weighted by molar-refractivity contribution is 6.23. The first-order valence-corrected chi connectivity index (χ1v) is 19.4. The van der Waals surface area contributed by atoms with Crippen LogP contribution in [0.15, 0.2) is 67.1 Å². The molecule has 0 aliphatic carbocycles. The van der Waals surface area contributed by atoms with Gasteiger partial charge in [0.1, 0.15) is 11.9 Å². The van der Waals surface area contributed by atoms with E-state index in [4.69, 9.17) is 0 Å². The van der Waals surface area contributed by atoms with E-state index < -0.39 is 41.4 Å². The summed E-state index contributed by atoms with van der Waals surface area (Å²) in [6.07, 6.45) is 3.21. The van der Waals surface area contributed by atoms with E-state index in [1.54, 1.807) is 35.6 Å². The number of piperidine rings is 2. The molecule has 0 bridgehead atoms. The molecule has 4 amide bonds. The fourth-order valence-electron chi connectivity index (χ4n) is 8.99. The quantitative estimate of drug-likeness (QED) is 0.209. The number of aromatic nitrogens is 3. The lowest BCUT2D eigenvalue weighted by molar-refractivity contribution is -0.138. The van der Waals surface area contributed by atoms with Crippen LogP contribution in [0.2, 0.25) is 0 Å². The molecule has 3 saturated heterocycles. The second-order valence-corrected chi connectivity index (χ2v) is 15.5. The monoisotopic (exact) mass is 778 g/mol. The SMILES string of the molecule is Cn1c2ccncc2c2ccc(-c3cnc(N4CCC(CCN5CCN(c6ccc7c(c6)C(=O)N(C6CCC(=O)NC6=O)C7=O)CC5)CC4)c(C(F)(F)F)c3)cc21. The van der Waals surface area contributed by atoms with Gasteiger partial charge in [-0.2, -0.15) is 13.2 Å². The summed E-state index contributed by atoms with van der Waals surface area (Å²) in [5.41, 5.74) is 3.64. The first-order chi connectivity index (χ1) is 27.4. The van der Waals surface area contributed by atoms with E-state index in [9.17, 15) is 32.3 Å². The van der Waals surface area contributed by atoms with Gasteiger partial charge in [0.25, 0.3) is 11.8 Å². The number of benzene rings is 2. The molecule has 4 aliphatic rings. The molecule has 294 valence electrons. The number of pyridine rings is 2. The summed E-state index contributed by atoms with van der Waals surface area (Å²) in [5.74, 6) is -1.71. The number of imide groups is 2. The molecule has 7 heterocycles. The number of rotatable bonds is 7.